The molecular weight excluding hydrogens is 711 g/mol. The Morgan fingerprint density at radius 1 is 0.390 bits per heavy atom. The van der Waals surface area contributed by atoms with Crippen molar-refractivity contribution in [3.05, 3.63) is 229 Å². The molecule has 1 aliphatic rings. The lowest BCUT2D eigenvalue weighted by molar-refractivity contribution is 0.986. The number of allylic oxidation sites excluding steroid dienone is 1. The van der Waals surface area contributed by atoms with Gasteiger partial charge in [-0.3, -0.25) is 0 Å². The minimum Gasteiger partial charge on any atom is -0.311 e. The van der Waals surface area contributed by atoms with E-state index < -0.39 is 0 Å². The standard InChI is InChI=1S/C58H45N/c1-40-15-13-25-53(58(40)56-39-57(54-24-12-11-22-51(54)41(56)2)55-26-14-21-46-20-9-10-23-52(46)55)47-31-37-50(38-32-47)59(48-33-27-44(28-34-48)42-16-5-3-6-17-42)49-35-29-45(30-36-49)43-18-7-4-8-19-43/h3-8,10-19,21-39H,9,20H2,1-2H3. The van der Waals surface area contributed by atoms with Crippen molar-refractivity contribution in [3.8, 4) is 55.6 Å². The van der Waals surface area contributed by atoms with Crippen molar-refractivity contribution in [1.29, 1.82) is 0 Å². The predicted octanol–water partition coefficient (Wildman–Crippen LogP) is 16.2. The van der Waals surface area contributed by atoms with E-state index in [1.165, 1.54) is 88.7 Å². The third kappa shape index (κ3) is 6.85. The number of benzene rings is 9. The van der Waals surface area contributed by atoms with Crippen LogP contribution in [-0.2, 0) is 6.42 Å². The number of fused-ring (bicyclic) bond motifs is 2. The molecule has 0 bridgehead atoms. The second-order valence-corrected chi connectivity index (χ2v) is 15.7. The van der Waals surface area contributed by atoms with Crippen LogP contribution in [0.25, 0.3) is 72.5 Å². The molecular formula is C58H45N. The molecule has 0 aliphatic heterocycles. The van der Waals surface area contributed by atoms with Crippen molar-refractivity contribution in [2.45, 2.75) is 26.7 Å². The van der Waals surface area contributed by atoms with E-state index in [0.29, 0.717) is 0 Å². The molecule has 0 fully saturated rings. The maximum absolute atomic E-state index is 2.47. The van der Waals surface area contributed by atoms with Gasteiger partial charge in [-0.05, 0) is 158 Å². The Bertz CT molecular complexity index is 2870. The van der Waals surface area contributed by atoms with Gasteiger partial charge in [0.05, 0.1) is 0 Å². The summed E-state index contributed by atoms with van der Waals surface area (Å²) in [6.07, 6.45) is 6.85. The first-order valence-electron chi connectivity index (χ1n) is 20.7. The second kappa shape index (κ2) is 15.6. The van der Waals surface area contributed by atoms with Crippen LogP contribution >= 0.6 is 0 Å². The highest BCUT2D eigenvalue weighted by atomic mass is 15.1. The Balaban J connectivity index is 1.08. The van der Waals surface area contributed by atoms with Gasteiger partial charge in [-0.1, -0.05) is 170 Å². The fourth-order valence-electron chi connectivity index (χ4n) is 9.08. The van der Waals surface area contributed by atoms with Crippen molar-refractivity contribution in [2.24, 2.45) is 0 Å². The van der Waals surface area contributed by atoms with E-state index in [0.717, 1.165) is 29.9 Å². The smallest absolute Gasteiger partial charge is 0.0462 e. The Hall–Kier alpha value is -7.22. The first-order chi connectivity index (χ1) is 29.1. The summed E-state index contributed by atoms with van der Waals surface area (Å²) in [4.78, 5) is 2.36. The lowest BCUT2D eigenvalue weighted by Gasteiger charge is -2.26. The molecule has 1 aliphatic carbocycles. The van der Waals surface area contributed by atoms with Gasteiger partial charge >= 0.3 is 0 Å². The molecule has 0 amide bonds. The molecule has 282 valence electrons. The quantitative estimate of drug-likeness (QED) is 0.149. The maximum atomic E-state index is 2.47. The van der Waals surface area contributed by atoms with Gasteiger partial charge in [0.2, 0.25) is 0 Å². The lowest BCUT2D eigenvalue weighted by Crippen LogP contribution is -2.09. The van der Waals surface area contributed by atoms with Crippen molar-refractivity contribution in [1.82, 2.24) is 0 Å². The molecule has 0 heterocycles. The van der Waals surface area contributed by atoms with E-state index in [4.69, 9.17) is 0 Å². The van der Waals surface area contributed by atoms with E-state index in [1.807, 2.05) is 0 Å². The summed E-state index contributed by atoms with van der Waals surface area (Å²) in [6, 6.07) is 73.2. The van der Waals surface area contributed by atoms with Gasteiger partial charge in [0, 0.05) is 17.1 Å². The molecule has 9 aromatic rings. The van der Waals surface area contributed by atoms with Crippen LogP contribution in [0.15, 0.2) is 206 Å². The predicted molar refractivity (Wildman–Crippen MR) is 253 cm³/mol. The Labute approximate surface area is 348 Å². The number of rotatable bonds is 8. The van der Waals surface area contributed by atoms with Crippen molar-refractivity contribution < 1.29 is 0 Å². The zero-order chi connectivity index (χ0) is 39.7. The van der Waals surface area contributed by atoms with Gasteiger partial charge in [0.25, 0.3) is 0 Å². The molecule has 0 saturated carbocycles. The van der Waals surface area contributed by atoms with Crippen LogP contribution in [0.3, 0.4) is 0 Å². The van der Waals surface area contributed by atoms with Crippen molar-refractivity contribution in [2.75, 3.05) is 4.90 Å². The average Bonchev–Trinajstić information content (AvgIpc) is 3.31. The largest absolute Gasteiger partial charge is 0.311 e. The van der Waals surface area contributed by atoms with E-state index >= 15 is 0 Å². The number of nitrogens with zero attached hydrogens (tertiary/aromatic N) is 1. The van der Waals surface area contributed by atoms with Gasteiger partial charge in [0.15, 0.2) is 0 Å². The van der Waals surface area contributed by atoms with Crippen LogP contribution in [0.1, 0.15) is 28.7 Å². The Kier molecular flexibility index (Phi) is 9.56. The summed E-state index contributed by atoms with van der Waals surface area (Å²) >= 11 is 0. The molecule has 59 heavy (non-hydrogen) atoms. The molecule has 9 aromatic carbocycles. The Morgan fingerprint density at radius 3 is 1.51 bits per heavy atom. The summed E-state index contributed by atoms with van der Waals surface area (Å²) in [5, 5.41) is 2.60. The van der Waals surface area contributed by atoms with Gasteiger partial charge < -0.3 is 4.90 Å². The normalized spacial score (nSPS) is 12.0. The molecule has 0 aromatic heterocycles. The zero-order valence-electron chi connectivity index (χ0n) is 33.6. The van der Waals surface area contributed by atoms with Gasteiger partial charge in [-0.25, -0.2) is 0 Å². The fourth-order valence-corrected chi connectivity index (χ4v) is 9.08. The molecule has 0 unspecified atom stereocenters. The maximum Gasteiger partial charge on any atom is 0.0462 e. The first kappa shape index (κ1) is 36.1. The molecule has 0 N–H and O–H groups in total. The number of hydrogen-bond donors (Lipinski definition) is 0. The van der Waals surface area contributed by atoms with Gasteiger partial charge in [-0.2, -0.15) is 0 Å². The number of hydrogen-bond acceptors (Lipinski definition) is 1. The molecule has 10 rings (SSSR count). The highest BCUT2D eigenvalue weighted by Crippen LogP contribution is 2.45. The SMILES string of the molecule is Cc1cccc(-c2ccc(N(c3ccc(-c4ccccc4)cc3)c3ccc(-c4ccccc4)cc3)cc2)c1-c1cc(-c2cccc3c2C=CCC3)c2ccccc2c1C. The summed E-state index contributed by atoms with van der Waals surface area (Å²) < 4.78 is 0. The van der Waals surface area contributed by atoms with Crippen LogP contribution in [-0.4, -0.2) is 0 Å². The minimum absolute atomic E-state index is 1.09. The minimum atomic E-state index is 1.09. The second-order valence-electron chi connectivity index (χ2n) is 15.7. The van der Waals surface area contributed by atoms with Crippen molar-refractivity contribution >= 4 is 33.9 Å². The summed E-state index contributed by atoms with van der Waals surface area (Å²) in [7, 11) is 0. The molecule has 0 saturated heterocycles. The summed E-state index contributed by atoms with van der Waals surface area (Å²) in [5.41, 5.74) is 21.1. The van der Waals surface area contributed by atoms with Crippen LogP contribution in [0.2, 0.25) is 0 Å². The van der Waals surface area contributed by atoms with Crippen LogP contribution in [0.4, 0.5) is 17.1 Å². The molecule has 0 radical (unpaired) electrons. The van der Waals surface area contributed by atoms with Gasteiger partial charge in [0.1, 0.15) is 0 Å². The van der Waals surface area contributed by atoms with Crippen molar-refractivity contribution in [3.63, 3.8) is 0 Å². The lowest BCUT2D eigenvalue weighted by atomic mass is 9.82. The van der Waals surface area contributed by atoms with E-state index in [9.17, 15) is 0 Å². The van der Waals surface area contributed by atoms with E-state index in [-0.39, 0.29) is 0 Å². The number of anilines is 3. The summed E-state index contributed by atoms with van der Waals surface area (Å²) in [6.45, 7) is 4.56. The van der Waals surface area contributed by atoms with E-state index in [1.54, 1.807) is 0 Å². The van der Waals surface area contributed by atoms with Gasteiger partial charge in [-0.15, -0.1) is 0 Å². The highest BCUT2D eigenvalue weighted by molar-refractivity contribution is 6.05. The third-order valence-electron chi connectivity index (χ3n) is 12.1. The molecule has 0 spiro atoms. The molecule has 0 atom stereocenters. The van der Waals surface area contributed by atoms with Crippen LogP contribution in [0, 0.1) is 13.8 Å². The topological polar surface area (TPSA) is 3.24 Å². The van der Waals surface area contributed by atoms with E-state index in [2.05, 4.69) is 231 Å². The molecule has 1 nitrogen and oxygen atoms in total. The monoisotopic (exact) mass is 755 g/mol. The molecule has 1 heteroatoms. The third-order valence-corrected chi connectivity index (χ3v) is 12.1. The highest BCUT2D eigenvalue weighted by Gasteiger charge is 2.20. The number of aryl methyl sites for hydroxylation is 3. The summed E-state index contributed by atoms with van der Waals surface area (Å²) in [5.74, 6) is 0. The van der Waals surface area contributed by atoms with Crippen LogP contribution < -0.4 is 4.90 Å². The average molecular weight is 756 g/mol. The van der Waals surface area contributed by atoms with Crippen LogP contribution in [0.5, 0.6) is 0 Å². The Morgan fingerprint density at radius 2 is 0.898 bits per heavy atom. The zero-order valence-corrected chi connectivity index (χ0v) is 33.6. The fraction of sp³-hybridized carbons (Fsp3) is 0.0690. The first-order valence-corrected chi connectivity index (χ1v) is 20.7.